The molecule has 0 aliphatic rings. The van der Waals surface area contributed by atoms with E-state index in [1.807, 2.05) is 78.9 Å². The Morgan fingerprint density at radius 1 is 0.380 bits per heavy atom. The Balaban J connectivity index is 1.27. The van der Waals surface area contributed by atoms with Crippen LogP contribution in [-0.4, -0.2) is 4.57 Å². The van der Waals surface area contributed by atoms with Crippen molar-refractivity contribution < 1.29 is 5.48 Å². The van der Waals surface area contributed by atoms with E-state index in [-0.39, 0.29) is 24.2 Å². The smallest absolute Gasteiger partial charge is 0.0645 e. The van der Waals surface area contributed by atoms with Crippen LogP contribution in [0.5, 0.6) is 0 Å². The molecule has 0 saturated carbocycles. The van der Waals surface area contributed by atoms with Crippen LogP contribution in [0.1, 0.15) is 5.48 Å². The van der Waals surface area contributed by atoms with Crippen LogP contribution in [0.3, 0.4) is 0 Å². The molecule has 0 aliphatic heterocycles. The van der Waals surface area contributed by atoms with Gasteiger partial charge in [-0.15, -0.1) is 0 Å². The fourth-order valence-electron chi connectivity index (χ4n) is 6.90. The number of aromatic nitrogens is 1. The summed E-state index contributed by atoms with van der Waals surface area (Å²) in [6.45, 7) is 0. The maximum Gasteiger partial charge on any atom is 0.0645 e. The number of para-hydroxylation sites is 2. The highest BCUT2D eigenvalue weighted by molar-refractivity contribution is 6.15. The zero-order valence-corrected chi connectivity index (χ0v) is 27.2. The van der Waals surface area contributed by atoms with Crippen molar-refractivity contribution in [2.45, 2.75) is 0 Å². The molecule has 9 aromatic rings. The minimum absolute atomic E-state index is 0.130. The van der Waals surface area contributed by atoms with Gasteiger partial charge in [0.15, 0.2) is 0 Å². The van der Waals surface area contributed by atoms with Crippen LogP contribution in [-0.2, 0) is 0 Å². The van der Waals surface area contributed by atoms with Crippen molar-refractivity contribution in [2.24, 2.45) is 0 Å². The highest BCUT2D eigenvalue weighted by atomic mass is 15.1. The molecule has 1 aromatic heterocycles. The highest BCUT2D eigenvalue weighted by Crippen LogP contribution is 2.42. The van der Waals surface area contributed by atoms with Gasteiger partial charge in [-0.3, -0.25) is 0 Å². The first-order valence-corrected chi connectivity index (χ1v) is 16.8. The summed E-state index contributed by atoms with van der Waals surface area (Å²) in [5.41, 5.74) is 9.87. The molecular weight excluding hydrogens is 605 g/mol. The summed E-state index contributed by atoms with van der Waals surface area (Å²) in [4.78, 5) is 1.76. The number of hydrogen-bond acceptors (Lipinski definition) is 1. The van der Waals surface area contributed by atoms with Gasteiger partial charge in [0.05, 0.1) is 16.5 Å². The lowest BCUT2D eigenvalue weighted by Gasteiger charge is -2.26. The maximum atomic E-state index is 9.36. The van der Waals surface area contributed by atoms with Crippen LogP contribution in [0.4, 0.5) is 17.1 Å². The van der Waals surface area contributed by atoms with Crippen LogP contribution in [0.15, 0.2) is 206 Å². The monoisotopic (exact) mass is 642 g/mol. The molecule has 2 nitrogen and oxygen atoms in total. The fraction of sp³-hybridized carbons (Fsp3) is 0. The van der Waals surface area contributed by atoms with Gasteiger partial charge in [0.25, 0.3) is 0 Å². The first kappa shape index (κ1) is 25.4. The number of rotatable bonds is 7. The number of anilines is 3. The van der Waals surface area contributed by atoms with Gasteiger partial charge in [0, 0.05) is 33.5 Å². The predicted octanol–water partition coefficient (Wildman–Crippen LogP) is 13.3. The lowest BCUT2D eigenvalue weighted by molar-refractivity contribution is 1.18. The summed E-state index contributed by atoms with van der Waals surface area (Å²) in [5.74, 6) is 0. The molecule has 0 amide bonds. The Hall–Kier alpha value is -6.64. The number of benzene rings is 8. The SMILES string of the molecule is [2H]c1cc(-c2ccccc2)cc([2H])c1N(c1cccc(-c2cccc3c2c2ccccc2n3-c2ccccc2)c1)c1c([2H])cc(-c2ccccc2)cc1[2H]. The van der Waals surface area contributed by atoms with Crippen molar-refractivity contribution in [3.63, 3.8) is 0 Å². The van der Waals surface area contributed by atoms with Crippen molar-refractivity contribution >= 4 is 38.9 Å². The van der Waals surface area contributed by atoms with Crippen molar-refractivity contribution in [3.05, 3.63) is 206 Å². The topological polar surface area (TPSA) is 8.17 Å². The largest absolute Gasteiger partial charge is 0.310 e. The molecule has 0 fully saturated rings. The molecule has 2 heteroatoms. The lowest BCUT2D eigenvalue weighted by atomic mass is 9.98. The zero-order chi connectivity index (χ0) is 36.8. The molecule has 0 saturated heterocycles. The third-order valence-corrected chi connectivity index (χ3v) is 9.25. The third-order valence-electron chi connectivity index (χ3n) is 9.25. The molecule has 50 heavy (non-hydrogen) atoms. The number of hydrogen-bond donors (Lipinski definition) is 0. The highest BCUT2D eigenvalue weighted by Gasteiger charge is 2.18. The summed E-state index contributed by atoms with van der Waals surface area (Å²) in [5, 5.41) is 2.25. The summed E-state index contributed by atoms with van der Waals surface area (Å²) < 4.78 is 39.7. The second-order valence-corrected chi connectivity index (χ2v) is 12.3. The molecule has 0 spiro atoms. The second-order valence-electron chi connectivity index (χ2n) is 12.3. The summed E-state index contributed by atoms with van der Waals surface area (Å²) in [6.07, 6.45) is 0. The Bertz CT molecular complexity index is 2670. The fourth-order valence-corrected chi connectivity index (χ4v) is 6.90. The molecule has 0 N–H and O–H groups in total. The van der Waals surface area contributed by atoms with Crippen molar-refractivity contribution in [1.29, 1.82) is 0 Å². The molecule has 0 aliphatic carbocycles. The standard InChI is InChI=1S/C48H34N2/c1-4-14-35(15-5-1)37-26-30-41(31-27-37)49(42-32-28-38(29-33-42)36-16-6-2-7-17-36)43-21-12-18-39(34-43)44-23-13-25-47-48(44)45-22-10-11-24-46(45)50(47)40-19-8-3-9-20-40/h1-34H/i30D,31D,32D,33D. The first-order valence-electron chi connectivity index (χ1n) is 18.8. The van der Waals surface area contributed by atoms with Crippen molar-refractivity contribution in [1.82, 2.24) is 4.57 Å². The normalized spacial score (nSPS) is 12.3. The average Bonchev–Trinajstić information content (AvgIpc) is 3.55. The molecule has 236 valence electrons. The zero-order valence-electron chi connectivity index (χ0n) is 31.2. The van der Waals surface area contributed by atoms with E-state index in [1.54, 1.807) is 29.2 Å². The van der Waals surface area contributed by atoms with E-state index in [2.05, 4.69) is 83.4 Å². The van der Waals surface area contributed by atoms with Crippen LogP contribution in [0, 0.1) is 0 Å². The maximum absolute atomic E-state index is 9.36. The molecule has 0 bridgehead atoms. The van der Waals surface area contributed by atoms with Crippen LogP contribution >= 0.6 is 0 Å². The van der Waals surface area contributed by atoms with Crippen LogP contribution < -0.4 is 4.90 Å². The van der Waals surface area contributed by atoms with Gasteiger partial charge in [-0.25, -0.2) is 0 Å². The van der Waals surface area contributed by atoms with Gasteiger partial charge in [0.1, 0.15) is 0 Å². The Labute approximate surface area is 298 Å². The van der Waals surface area contributed by atoms with E-state index in [0.717, 1.165) is 60.9 Å². The third kappa shape index (κ3) is 5.34. The molecule has 1 heterocycles. The summed E-state index contributed by atoms with van der Waals surface area (Å²) in [6, 6.07) is 60.4. The molecule has 8 aromatic carbocycles. The van der Waals surface area contributed by atoms with Gasteiger partial charge in [-0.05, 0) is 93.9 Å². The number of fused-ring (bicyclic) bond motifs is 3. The minimum Gasteiger partial charge on any atom is -0.310 e. The van der Waals surface area contributed by atoms with Crippen molar-refractivity contribution in [2.75, 3.05) is 4.90 Å². The van der Waals surface area contributed by atoms with E-state index in [4.69, 9.17) is 0 Å². The van der Waals surface area contributed by atoms with E-state index < -0.39 is 0 Å². The summed E-state index contributed by atoms with van der Waals surface area (Å²) >= 11 is 0. The number of nitrogens with zero attached hydrogens (tertiary/aromatic N) is 2. The average molecular weight is 643 g/mol. The minimum atomic E-state index is 0.130. The van der Waals surface area contributed by atoms with Crippen LogP contribution in [0.2, 0.25) is 0 Å². The predicted molar refractivity (Wildman–Crippen MR) is 212 cm³/mol. The second kappa shape index (κ2) is 12.8. The van der Waals surface area contributed by atoms with Crippen LogP contribution in [0.25, 0.3) is 60.9 Å². The molecule has 0 atom stereocenters. The Kier molecular flexibility index (Phi) is 6.48. The van der Waals surface area contributed by atoms with Gasteiger partial charge in [0.2, 0.25) is 0 Å². The molecule has 9 rings (SSSR count). The molecule has 0 radical (unpaired) electrons. The van der Waals surface area contributed by atoms with Gasteiger partial charge < -0.3 is 9.47 Å². The van der Waals surface area contributed by atoms with Gasteiger partial charge in [-0.1, -0.05) is 146 Å². The summed E-state index contributed by atoms with van der Waals surface area (Å²) in [7, 11) is 0. The van der Waals surface area contributed by atoms with Crippen molar-refractivity contribution in [3.8, 4) is 39.1 Å². The lowest BCUT2D eigenvalue weighted by Crippen LogP contribution is -2.10. The van der Waals surface area contributed by atoms with Gasteiger partial charge >= 0.3 is 0 Å². The quantitative estimate of drug-likeness (QED) is 0.168. The Morgan fingerprint density at radius 2 is 0.860 bits per heavy atom. The molecular formula is C48H34N2. The molecule has 0 unspecified atom stereocenters. The van der Waals surface area contributed by atoms with E-state index in [0.29, 0.717) is 17.1 Å². The van der Waals surface area contributed by atoms with E-state index in [1.165, 1.54) is 0 Å². The van der Waals surface area contributed by atoms with Gasteiger partial charge in [-0.2, -0.15) is 0 Å². The Morgan fingerprint density at radius 3 is 1.48 bits per heavy atom. The first-order chi connectivity index (χ1) is 26.5. The van der Waals surface area contributed by atoms with E-state index in [9.17, 15) is 5.48 Å². The van der Waals surface area contributed by atoms with E-state index >= 15 is 0 Å².